The first-order chi connectivity index (χ1) is 8.77. The van der Waals surface area contributed by atoms with E-state index in [4.69, 9.17) is 9.47 Å². The Kier molecular flexibility index (Phi) is 3.91. The van der Waals surface area contributed by atoms with Crippen molar-refractivity contribution < 1.29 is 19.7 Å². The van der Waals surface area contributed by atoms with Crippen LogP contribution >= 0.6 is 0 Å². The highest BCUT2D eigenvalue weighted by molar-refractivity contribution is 5.38. The van der Waals surface area contributed by atoms with Gasteiger partial charge in [-0.1, -0.05) is 24.3 Å². The van der Waals surface area contributed by atoms with Gasteiger partial charge in [0.1, 0.15) is 13.2 Å². The van der Waals surface area contributed by atoms with Crippen LogP contribution in [0.25, 0.3) is 0 Å². The lowest BCUT2D eigenvalue weighted by molar-refractivity contribution is 0.207. The summed E-state index contributed by atoms with van der Waals surface area (Å²) in [4.78, 5) is 0. The van der Waals surface area contributed by atoms with Crippen molar-refractivity contribution in [1.82, 2.24) is 0 Å². The molecule has 0 aliphatic carbocycles. The van der Waals surface area contributed by atoms with Crippen molar-refractivity contribution in [2.45, 2.75) is 0 Å². The van der Waals surface area contributed by atoms with Gasteiger partial charge in [0.05, 0.1) is 0 Å². The van der Waals surface area contributed by atoms with E-state index in [-0.39, 0.29) is 24.7 Å². The Balaban J connectivity index is 1.80. The quantitative estimate of drug-likeness (QED) is 0.796. The molecule has 0 radical (unpaired) electrons. The second-order valence-corrected chi connectivity index (χ2v) is 3.63. The van der Waals surface area contributed by atoms with E-state index in [1.807, 2.05) is 0 Å². The Labute approximate surface area is 105 Å². The molecule has 0 saturated heterocycles. The SMILES string of the molecule is Oc1ccccc1OCCOc1ccccc1O. The number of hydrogen-bond donors (Lipinski definition) is 2. The van der Waals surface area contributed by atoms with E-state index in [0.717, 1.165) is 0 Å². The van der Waals surface area contributed by atoms with Crippen LogP contribution in [-0.4, -0.2) is 23.4 Å². The molecule has 4 heteroatoms. The number of ether oxygens (including phenoxy) is 2. The Morgan fingerprint density at radius 1 is 0.667 bits per heavy atom. The Hall–Kier alpha value is -2.36. The number of rotatable bonds is 5. The lowest BCUT2D eigenvalue weighted by atomic mass is 10.3. The largest absolute Gasteiger partial charge is 0.504 e. The molecule has 0 aliphatic heterocycles. The predicted octanol–water partition coefficient (Wildman–Crippen LogP) is 2.56. The lowest BCUT2D eigenvalue weighted by Crippen LogP contribution is -2.09. The highest BCUT2D eigenvalue weighted by Gasteiger charge is 2.02. The molecular formula is C14H14O4. The van der Waals surface area contributed by atoms with Gasteiger partial charge in [-0.25, -0.2) is 0 Å². The molecule has 0 aliphatic rings. The number of phenolic OH excluding ortho intramolecular Hbond substituents is 2. The summed E-state index contributed by atoms with van der Waals surface area (Å²) in [7, 11) is 0. The molecule has 0 bridgehead atoms. The van der Waals surface area contributed by atoms with Crippen LogP contribution in [-0.2, 0) is 0 Å². The first-order valence-corrected chi connectivity index (χ1v) is 5.59. The van der Waals surface area contributed by atoms with Crippen molar-refractivity contribution in [1.29, 1.82) is 0 Å². The van der Waals surface area contributed by atoms with Crippen LogP contribution in [0.5, 0.6) is 23.0 Å². The molecule has 0 heterocycles. The minimum atomic E-state index is 0.0973. The summed E-state index contributed by atoms with van der Waals surface area (Å²) < 4.78 is 10.7. The van der Waals surface area contributed by atoms with Gasteiger partial charge in [-0.3, -0.25) is 0 Å². The van der Waals surface area contributed by atoms with Gasteiger partial charge in [0, 0.05) is 0 Å². The van der Waals surface area contributed by atoms with Gasteiger partial charge in [-0.05, 0) is 24.3 Å². The van der Waals surface area contributed by atoms with Gasteiger partial charge in [0.2, 0.25) is 0 Å². The molecule has 0 unspecified atom stereocenters. The standard InChI is InChI=1S/C14H14O4/c15-11-5-1-3-7-13(11)17-9-10-18-14-8-4-2-6-12(14)16/h1-8,15-16H,9-10H2. The molecule has 4 nitrogen and oxygen atoms in total. The Morgan fingerprint density at radius 2 is 1.06 bits per heavy atom. The maximum Gasteiger partial charge on any atom is 0.161 e. The lowest BCUT2D eigenvalue weighted by Gasteiger charge is -2.10. The molecule has 2 aromatic rings. The molecule has 2 aromatic carbocycles. The van der Waals surface area contributed by atoms with Gasteiger partial charge >= 0.3 is 0 Å². The van der Waals surface area contributed by atoms with Gasteiger partial charge in [0.15, 0.2) is 23.0 Å². The van der Waals surface area contributed by atoms with Crippen LogP contribution in [0.2, 0.25) is 0 Å². The van der Waals surface area contributed by atoms with Gasteiger partial charge in [-0.15, -0.1) is 0 Å². The molecule has 0 fully saturated rings. The van der Waals surface area contributed by atoms with Crippen molar-refractivity contribution >= 4 is 0 Å². The topological polar surface area (TPSA) is 58.9 Å². The van der Waals surface area contributed by atoms with Crippen molar-refractivity contribution in [2.24, 2.45) is 0 Å². The monoisotopic (exact) mass is 246 g/mol. The first-order valence-electron chi connectivity index (χ1n) is 5.59. The summed E-state index contributed by atoms with van der Waals surface area (Å²) in [5.41, 5.74) is 0. The molecule has 0 atom stereocenters. The van der Waals surface area contributed by atoms with Crippen LogP contribution in [0, 0.1) is 0 Å². The molecule has 2 rings (SSSR count). The third-order valence-electron chi connectivity index (χ3n) is 2.33. The zero-order valence-electron chi connectivity index (χ0n) is 9.74. The zero-order chi connectivity index (χ0) is 12.8. The van der Waals surface area contributed by atoms with Crippen molar-refractivity contribution in [3.8, 4) is 23.0 Å². The molecule has 0 aromatic heterocycles. The van der Waals surface area contributed by atoms with Crippen LogP contribution < -0.4 is 9.47 Å². The Bertz CT molecular complexity index is 463. The third-order valence-corrected chi connectivity index (χ3v) is 2.33. The summed E-state index contributed by atoms with van der Waals surface area (Å²) in [6, 6.07) is 13.5. The van der Waals surface area contributed by atoms with Gasteiger partial charge in [0.25, 0.3) is 0 Å². The van der Waals surface area contributed by atoms with Crippen LogP contribution in [0.4, 0.5) is 0 Å². The number of phenols is 2. The van der Waals surface area contributed by atoms with E-state index < -0.39 is 0 Å². The summed E-state index contributed by atoms with van der Waals surface area (Å²) >= 11 is 0. The molecular weight excluding hydrogens is 232 g/mol. The average molecular weight is 246 g/mol. The molecule has 0 spiro atoms. The molecule has 0 amide bonds. The highest BCUT2D eigenvalue weighted by atomic mass is 16.5. The predicted molar refractivity (Wildman–Crippen MR) is 67.2 cm³/mol. The van der Waals surface area contributed by atoms with Gasteiger partial charge < -0.3 is 19.7 Å². The normalized spacial score (nSPS) is 10.0. The van der Waals surface area contributed by atoms with Crippen LogP contribution in [0.3, 0.4) is 0 Å². The summed E-state index contributed by atoms with van der Waals surface area (Å²) in [5, 5.41) is 18.9. The number of para-hydroxylation sites is 4. The summed E-state index contributed by atoms with van der Waals surface area (Å²) in [6.07, 6.45) is 0. The van der Waals surface area contributed by atoms with E-state index in [1.54, 1.807) is 48.5 Å². The summed E-state index contributed by atoms with van der Waals surface area (Å²) in [5.74, 6) is 1.02. The second kappa shape index (κ2) is 5.82. The molecule has 18 heavy (non-hydrogen) atoms. The van der Waals surface area contributed by atoms with Crippen LogP contribution in [0.15, 0.2) is 48.5 Å². The van der Waals surface area contributed by atoms with E-state index in [0.29, 0.717) is 11.5 Å². The smallest absolute Gasteiger partial charge is 0.161 e. The number of hydrogen-bond acceptors (Lipinski definition) is 4. The van der Waals surface area contributed by atoms with E-state index in [1.165, 1.54) is 0 Å². The molecule has 0 saturated carbocycles. The van der Waals surface area contributed by atoms with Crippen LogP contribution in [0.1, 0.15) is 0 Å². The molecule has 94 valence electrons. The first kappa shape index (κ1) is 12.1. The summed E-state index contributed by atoms with van der Waals surface area (Å²) in [6.45, 7) is 0.567. The molecule has 2 N–H and O–H groups in total. The number of aromatic hydroxyl groups is 2. The van der Waals surface area contributed by atoms with E-state index in [9.17, 15) is 10.2 Å². The number of benzene rings is 2. The van der Waals surface area contributed by atoms with E-state index in [2.05, 4.69) is 0 Å². The van der Waals surface area contributed by atoms with Crippen molar-refractivity contribution in [2.75, 3.05) is 13.2 Å². The fourth-order valence-electron chi connectivity index (χ4n) is 1.46. The maximum absolute atomic E-state index is 9.47. The Morgan fingerprint density at radius 3 is 1.44 bits per heavy atom. The minimum absolute atomic E-state index is 0.0973. The van der Waals surface area contributed by atoms with Gasteiger partial charge in [-0.2, -0.15) is 0 Å². The van der Waals surface area contributed by atoms with Crippen molar-refractivity contribution in [3.63, 3.8) is 0 Å². The maximum atomic E-state index is 9.47. The average Bonchev–Trinajstić information content (AvgIpc) is 2.38. The second-order valence-electron chi connectivity index (χ2n) is 3.63. The fourth-order valence-corrected chi connectivity index (χ4v) is 1.46. The minimum Gasteiger partial charge on any atom is -0.504 e. The highest BCUT2D eigenvalue weighted by Crippen LogP contribution is 2.25. The van der Waals surface area contributed by atoms with Crippen molar-refractivity contribution in [3.05, 3.63) is 48.5 Å². The van der Waals surface area contributed by atoms with E-state index >= 15 is 0 Å². The fraction of sp³-hybridized carbons (Fsp3) is 0.143. The zero-order valence-corrected chi connectivity index (χ0v) is 9.74. The third kappa shape index (κ3) is 3.07.